The van der Waals surface area contributed by atoms with Crippen LogP contribution < -0.4 is 5.73 Å². The first-order valence-electron chi connectivity index (χ1n) is 11.3. The lowest BCUT2D eigenvalue weighted by Gasteiger charge is -2.33. The lowest BCUT2D eigenvalue weighted by atomic mass is 10.0. The maximum Gasteiger partial charge on any atom is 0.237 e. The van der Waals surface area contributed by atoms with Crippen LogP contribution in [0, 0.1) is 11.8 Å². The minimum absolute atomic E-state index is 0.113. The SMILES string of the molecule is Nc1ncnc2cc(CN3CCN(CC#Cc4ccc(-c5ccccc5)cc4)CC3=O)ccc12. The minimum atomic E-state index is 0.113. The van der Waals surface area contributed by atoms with E-state index < -0.39 is 0 Å². The van der Waals surface area contributed by atoms with Crippen molar-refractivity contribution in [3.8, 4) is 23.0 Å². The summed E-state index contributed by atoms with van der Waals surface area (Å²) in [4.78, 5) is 25.0. The molecule has 1 amide bonds. The minimum Gasteiger partial charge on any atom is -0.383 e. The van der Waals surface area contributed by atoms with E-state index in [2.05, 4.69) is 51.0 Å². The Balaban J connectivity index is 1.15. The molecule has 2 heterocycles. The molecule has 1 aliphatic heterocycles. The van der Waals surface area contributed by atoms with E-state index in [9.17, 15) is 4.79 Å². The molecule has 1 fully saturated rings. The van der Waals surface area contributed by atoms with Gasteiger partial charge in [0.2, 0.25) is 5.91 Å². The Bertz CT molecular complexity index is 1370. The van der Waals surface area contributed by atoms with Gasteiger partial charge in [0.1, 0.15) is 12.1 Å². The molecule has 6 heteroatoms. The number of piperazine rings is 1. The fourth-order valence-electron chi connectivity index (χ4n) is 4.13. The highest BCUT2D eigenvalue weighted by atomic mass is 16.2. The third-order valence-electron chi connectivity index (χ3n) is 6.03. The van der Waals surface area contributed by atoms with E-state index >= 15 is 0 Å². The number of nitrogens with zero attached hydrogens (tertiary/aromatic N) is 4. The molecule has 34 heavy (non-hydrogen) atoms. The van der Waals surface area contributed by atoms with Gasteiger partial charge in [-0.3, -0.25) is 9.69 Å². The number of hydrogen-bond acceptors (Lipinski definition) is 5. The van der Waals surface area contributed by atoms with E-state index in [4.69, 9.17) is 5.73 Å². The summed E-state index contributed by atoms with van der Waals surface area (Å²) < 4.78 is 0. The van der Waals surface area contributed by atoms with E-state index in [0.29, 0.717) is 32.0 Å². The van der Waals surface area contributed by atoms with Crippen molar-refractivity contribution < 1.29 is 4.79 Å². The number of nitrogens with two attached hydrogens (primary N) is 1. The van der Waals surface area contributed by atoms with Crippen LogP contribution in [0.3, 0.4) is 0 Å². The second-order valence-corrected chi connectivity index (χ2v) is 8.38. The smallest absolute Gasteiger partial charge is 0.237 e. The number of fused-ring (bicyclic) bond motifs is 1. The summed E-state index contributed by atoms with van der Waals surface area (Å²) >= 11 is 0. The molecule has 0 atom stereocenters. The van der Waals surface area contributed by atoms with Crippen molar-refractivity contribution in [2.24, 2.45) is 0 Å². The van der Waals surface area contributed by atoms with E-state index in [-0.39, 0.29) is 5.91 Å². The molecule has 1 saturated heterocycles. The number of hydrogen-bond donors (Lipinski definition) is 1. The molecule has 0 unspecified atom stereocenters. The van der Waals surface area contributed by atoms with E-state index in [1.54, 1.807) is 0 Å². The number of amides is 1. The van der Waals surface area contributed by atoms with Gasteiger partial charge in [-0.15, -0.1) is 0 Å². The Morgan fingerprint density at radius 2 is 1.71 bits per heavy atom. The number of carbonyl (C=O) groups is 1. The van der Waals surface area contributed by atoms with Crippen LogP contribution in [0.15, 0.2) is 79.1 Å². The highest BCUT2D eigenvalue weighted by Crippen LogP contribution is 2.20. The number of anilines is 1. The number of carbonyl (C=O) groups excluding carboxylic acids is 1. The normalized spacial score (nSPS) is 14.1. The molecular formula is C28H25N5O. The molecule has 0 spiro atoms. The van der Waals surface area contributed by atoms with Gasteiger partial charge in [0.15, 0.2) is 0 Å². The Morgan fingerprint density at radius 3 is 2.50 bits per heavy atom. The zero-order valence-electron chi connectivity index (χ0n) is 18.8. The predicted molar refractivity (Wildman–Crippen MR) is 135 cm³/mol. The Hall–Kier alpha value is -4.21. The molecule has 0 aliphatic carbocycles. The third-order valence-corrected chi connectivity index (χ3v) is 6.03. The molecule has 4 aromatic rings. The second-order valence-electron chi connectivity index (χ2n) is 8.38. The second kappa shape index (κ2) is 9.74. The van der Waals surface area contributed by atoms with E-state index in [1.807, 2.05) is 53.4 Å². The largest absolute Gasteiger partial charge is 0.383 e. The van der Waals surface area contributed by atoms with Crippen LogP contribution in [-0.4, -0.2) is 51.9 Å². The standard InChI is InChI=1S/C28H25N5O/c29-28-25-13-10-22(17-26(25)30-20-31-28)18-33-16-15-32(19-27(33)34)14-4-5-21-8-11-24(12-9-21)23-6-2-1-3-7-23/h1-3,6-13,17,20H,14-16,18-19H2,(H2,29,30,31). The molecule has 168 valence electrons. The van der Waals surface area contributed by atoms with Gasteiger partial charge in [0.05, 0.1) is 18.6 Å². The average molecular weight is 448 g/mol. The molecule has 2 N–H and O–H groups in total. The van der Waals surface area contributed by atoms with Crippen LogP contribution in [0.5, 0.6) is 0 Å². The topological polar surface area (TPSA) is 75.3 Å². The lowest BCUT2D eigenvalue weighted by molar-refractivity contribution is -0.136. The first-order valence-corrected chi connectivity index (χ1v) is 11.3. The van der Waals surface area contributed by atoms with Gasteiger partial charge < -0.3 is 10.6 Å². The van der Waals surface area contributed by atoms with Crippen molar-refractivity contribution in [3.05, 3.63) is 90.3 Å². The summed E-state index contributed by atoms with van der Waals surface area (Å²) in [5.74, 6) is 7.02. The highest BCUT2D eigenvalue weighted by Gasteiger charge is 2.23. The molecule has 5 rings (SSSR count). The van der Waals surface area contributed by atoms with Crippen molar-refractivity contribution in [2.75, 3.05) is 31.9 Å². The number of rotatable bonds is 4. The number of aromatic nitrogens is 2. The van der Waals surface area contributed by atoms with Gasteiger partial charge >= 0.3 is 0 Å². The maximum atomic E-state index is 12.7. The van der Waals surface area contributed by atoms with Crippen molar-refractivity contribution >= 4 is 22.6 Å². The quantitative estimate of drug-likeness (QED) is 0.484. The van der Waals surface area contributed by atoms with Crippen LogP contribution in [0.1, 0.15) is 11.1 Å². The van der Waals surface area contributed by atoms with E-state index in [1.165, 1.54) is 17.5 Å². The van der Waals surface area contributed by atoms with Gasteiger partial charge in [-0.05, 0) is 41.0 Å². The monoisotopic (exact) mass is 447 g/mol. The molecule has 0 saturated carbocycles. The van der Waals surface area contributed by atoms with Gasteiger partial charge in [-0.1, -0.05) is 60.4 Å². The highest BCUT2D eigenvalue weighted by molar-refractivity contribution is 5.88. The van der Waals surface area contributed by atoms with Crippen molar-refractivity contribution in [3.63, 3.8) is 0 Å². The molecule has 6 nitrogen and oxygen atoms in total. The van der Waals surface area contributed by atoms with Crippen LogP contribution >= 0.6 is 0 Å². The first kappa shape index (κ1) is 21.6. The zero-order chi connectivity index (χ0) is 23.3. The van der Waals surface area contributed by atoms with Gasteiger partial charge in [0, 0.05) is 30.6 Å². The maximum absolute atomic E-state index is 12.7. The molecule has 3 aromatic carbocycles. The predicted octanol–water partition coefficient (Wildman–Crippen LogP) is 3.57. The Morgan fingerprint density at radius 1 is 0.912 bits per heavy atom. The van der Waals surface area contributed by atoms with Crippen molar-refractivity contribution in [2.45, 2.75) is 6.54 Å². The Labute approximate surface area is 199 Å². The summed E-state index contributed by atoms with van der Waals surface area (Å²) in [7, 11) is 0. The molecule has 0 bridgehead atoms. The molecular weight excluding hydrogens is 422 g/mol. The van der Waals surface area contributed by atoms with Crippen LogP contribution in [0.4, 0.5) is 5.82 Å². The summed E-state index contributed by atoms with van der Waals surface area (Å²) in [6.07, 6.45) is 1.46. The van der Waals surface area contributed by atoms with Gasteiger partial charge in [-0.25, -0.2) is 9.97 Å². The van der Waals surface area contributed by atoms with Crippen molar-refractivity contribution in [1.82, 2.24) is 19.8 Å². The van der Waals surface area contributed by atoms with Crippen LogP contribution in [0.2, 0.25) is 0 Å². The number of benzene rings is 3. The van der Waals surface area contributed by atoms with Crippen LogP contribution in [0.25, 0.3) is 22.0 Å². The van der Waals surface area contributed by atoms with E-state index in [0.717, 1.165) is 28.6 Å². The number of nitrogen functional groups attached to an aromatic ring is 1. The molecule has 1 aliphatic rings. The lowest BCUT2D eigenvalue weighted by Crippen LogP contribution is -2.49. The third kappa shape index (κ3) is 4.90. The van der Waals surface area contributed by atoms with Gasteiger partial charge in [-0.2, -0.15) is 0 Å². The molecule has 0 radical (unpaired) electrons. The summed E-state index contributed by atoms with van der Waals surface area (Å²) in [6.45, 7) is 2.99. The summed E-state index contributed by atoms with van der Waals surface area (Å²) in [5.41, 5.74) is 11.1. The van der Waals surface area contributed by atoms with Crippen molar-refractivity contribution in [1.29, 1.82) is 0 Å². The first-order chi connectivity index (χ1) is 16.7. The summed E-state index contributed by atoms with van der Waals surface area (Å²) in [5, 5.41) is 0.829. The zero-order valence-corrected chi connectivity index (χ0v) is 18.8. The molecule has 1 aromatic heterocycles. The Kier molecular flexibility index (Phi) is 6.19. The summed E-state index contributed by atoms with van der Waals surface area (Å²) in [6, 6.07) is 24.4. The average Bonchev–Trinajstić information content (AvgIpc) is 2.87. The fourth-order valence-corrected chi connectivity index (χ4v) is 4.13. The van der Waals surface area contributed by atoms with Crippen LogP contribution in [-0.2, 0) is 11.3 Å². The fraction of sp³-hybridized carbons (Fsp3) is 0.179. The van der Waals surface area contributed by atoms with Gasteiger partial charge in [0.25, 0.3) is 0 Å².